The fourth-order valence-electron chi connectivity index (χ4n) is 0. The molecule has 0 amide bonds. The summed E-state index contributed by atoms with van der Waals surface area (Å²) in [5.74, 6) is 0. The van der Waals surface area contributed by atoms with E-state index in [2.05, 4.69) is 6.22 Å². The average Bonchev–Trinajstić information content (AvgIpc) is 1.46. The Labute approximate surface area is 59.3 Å². The SMILES string of the molecule is CCO.[Cl][Tb]. The van der Waals surface area contributed by atoms with Crippen LogP contribution in [0.15, 0.2) is 0 Å². The molecule has 5 heavy (non-hydrogen) atoms. The summed E-state index contributed by atoms with van der Waals surface area (Å²) < 4.78 is 0. The van der Waals surface area contributed by atoms with Crippen LogP contribution in [0.1, 0.15) is 6.92 Å². The molecule has 0 saturated heterocycles. The van der Waals surface area contributed by atoms with Crippen LogP contribution in [0.3, 0.4) is 0 Å². The number of hydrogen-bond donors (Lipinski definition) is 1. The summed E-state index contributed by atoms with van der Waals surface area (Å²) in [6.07, 6.45) is 4.64. The Morgan fingerprint density at radius 3 is 1.80 bits per heavy atom. The summed E-state index contributed by atoms with van der Waals surface area (Å²) in [7, 11) is 0. The van der Waals surface area contributed by atoms with Gasteiger partial charge in [0.25, 0.3) is 0 Å². The van der Waals surface area contributed by atoms with E-state index in [1.807, 2.05) is 0 Å². The molecule has 0 aromatic carbocycles. The van der Waals surface area contributed by atoms with Gasteiger partial charge < -0.3 is 5.11 Å². The summed E-state index contributed by atoms with van der Waals surface area (Å²) in [5, 5.41) is 7.57. The first-order valence-electron chi connectivity index (χ1n) is 1.15. The molecule has 0 atom stereocenters. The van der Waals surface area contributed by atoms with Gasteiger partial charge in [0.2, 0.25) is 0 Å². The second-order valence-electron chi connectivity index (χ2n) is 0.316. The summed E-state index contributed by atoms with van der Waals surface area (Å²) in [5.41, 5.74) is 0. The first-order valence-corrected chi connectivity index (χ1v) is 3.83. The Balaban J connectivity index is 0. The molecule has 0 bridgehead atoms. The zero-order valence-electron chi connectivity index (χ0n) is 2.87. The van der Waals surface area contributed by atoms with Crippen molar-refractivity contribution in [1.29, 1.82) is 0 Å². The van der Waals surface area contributed by atoms with Crippen LogP contribution in [0.5, 0.6) is 0 Å². The molecule has 0 radical (unpaired) electrons. The third-order valence-corrected chi connectivity index (χ3v) is 0. The predicted molar refractivity (Wildman–Crippen MR) is 18.6 cm³/mol. The summed E-state index contributed by atoms with van der Waals surface area (Å²) in [4.78, 5) is 0. The van der Waals surface area contributed by atoms with Crippen molar-refractivity contribution in [3.63, 3.8) is 0 Å². The molecule has 0 aliphatic rings. The average molecular weight is 240 g/mol. The van der Waals surface area contributed by atoms with E-state index >= 15 is 0 Å². The number of hydrogen-bond acceptors (Lipinski definition) is 1. The molecule has 0 heterocycles. The molecule has 1 N–H and O–H groups in total. The summed E-state index contributed by atoms with van der Waals surface area (Å²) in [6.45, 7) is 1.93. The molecule has 0 aromatic rings. The van der Waals surface area contributed by atoms with Crippen molar-refractivity contribution >= 4 is 6.22 Å². The first kappa shape index (κ1) is 9.74. The molecule has 0 aromatic heterocycles. The number of halogens is 1. The molecular weight excluding hydrogens is 234 g/mol. The molecule has 36 valence electrons. The van der Waals surface area contributed by atoms with Gasteiger partial charge in [-0.1, -0.05) is 0 Å². The molecule has 0 saturated carbocycles. The maximum absolute atomic E-state index is 7.57. The van der Waals surface area contributed by atoms with Gasteiger partial charge in [0.05, 0.1) is 0 Å². The topological polar surface area (TPSA) is 20.2 Å². The van der Waals surface area contributed by atoms with Crippen LogP contribution in [0.2, 0.25) is 0 Å². The quantitative estimate of drug-likeness (QED) is 0.660. The van der Waals surface area contributed by atoms with E-state index in [1.54, 1.807) is 6.92 Å². The maximum atomic E-state index is 7.57. The molecule has 3 heteroatoms. The van der Waals surface area contributed by atoms with Crippen molar-refractivity contribution in [1.82, 2.24) is 0 Å². The number of aliphatic hydroxyl groups is 1. The first-order chi connectivity index (χ1) is 2.41. The van der Waals surface area contributed by atoms with Crippen molar-refractivity contribution in [3.05, 3.63) is 0 Å². The van der Waals surface area contributed by atoms with Crippen molar-refractivity contribution in [2.24, 2.45) is 0 Å². The normalized spacial score (nSPS) is 5.00. The summed E-state index contributed by atoms with van der Waals surface area (Å²) >= 11 is 1.47. The Morgan fingerprint density at radius 1 is 1.80 bits per heavy atom. The molecule has 0 rings (SSSR count). The van der Waals surface area contributed by atoms with E-state index in [4.69, 9.17) is 5.11 Å². The molecule has 0 unspecified atom stereocenters. The Hall–Kier alpha value is 1.54. The van der Waals surface area contributed by atoms with Gasteiger partial charge in [-0.2, -0.15) is 0 Å². The standard InChI is InChI=1S/C2H6O.ClH.Tb/c1-2-3;;/h3H,2H2,1H3;1H;/q;;+1/p-1. The minimum absolute atomic E-state index is 0.250. The zero-order valence-corrected chi connectivity index (χ0v) is 5.76. The van der Waals surface area contributed by atoms with Gasteiger partial charge in [-0.15, -0.1) is 0 Å². The predicted octanol–water partition coefficient (Wildman–Crippen LogP) is 0.688. The Morgan fingerprint density at radius 2 is 1.80 bits per heavy atom. The molecule has 0 spiro atoms. The van der Waals surface area contributed by atoms with Crippen LogP contribution in [-0.2, 0) is 0 Å². The van der Waals surface area contributed by atoms with E-state index < -0.39 is 0 Å². The molecule has 0 fully saturated rings. The van der Waals surface area contributed by atoms with Crippen LogP contribution in [0.4, 0.5) is 0 Å². The minimum atomic E-state index is 0.250. The van der Waals surface area contributed by atoms with Crippen LogP contribution >= 0.6 is 6.22 Å². The van der Waals surface area contributed by atoms with Crippen LogP contribution in [-0.4, -0.2) is 11.7 Å². The second kappa shape index (κ2) is 17.7. The van der Waals surface area contributed by atoms with E-state index in [0.717, 1.165) is 0 Å². The second-order valence-corrected chi connectivity index (χ2v) is 0.316. The van der Waals surface area contributed by atoms with E-state index in [1.165, 1.54) is 35.1 Å². The fourth-order valence-corrected chi connectivity index (χ4v) is 0. The number of aliphatic hydroxyl groups excluding tert-OH is 1. The van der Waals surface area contributed by atoms with Crippen molar-refractivity contribution in [3.8, 4) is 0 Å². The van der Waals surface area contributed by atoms with Gasteiger partial charge in [0.1, 0.15) is 0 Å². The van der Waals surface area contributed by atoms with Gasteiger partial charge in [-0.3, -0.25) is 0 Å². The Bertz CT molecular complexity index is 9.61. The number of rotatable bonds is 0. The van der Waals surface area contributed by atoms with Gasteiger partial charge in [0, 0.05) is 6.61 Å². The van der Waals surface area contributed by atoms with Crippen molar-refractivity contribution in [2.45, 2.75) is 6.92 Å². The van der Waals surface area contributed by atoms with Crippen LogP contribution < -0.4 is 0 Å². The van der Waals surface area contributed by atoms with Crippen molar-refractivity contribution < 1.29 is 40.2 Å². The van der Waals surface area contributed by atoms with Crippen molar-refractivity contribution in [2.75, 3.05) is 6.61 Å². The van der Waals surface area contributed by atoms with E-state index in [9.17, 15) is 0 Å². The third-order valence-electron chi connectivity index (χ3n) is 0. The van der Waals surface area contributed by atoms with Crippen LogP contribution in [0, 0.1) is 35.1 Å². The van der Waals surface area contributed by atoms with Gasteiger partial charge in [0.15, 0.2) is 0 Å². The summed E-state index contributed by atoms with van der Waals surface area (Å²) in [6, 6.07) is 0. The Kier molecular flexibility index (Phi) is 34.5. The fraction of sp³-hybridized carbons (Fsp3) is 1.00. The molecular formula is C2H6ClOTb. The van der Waals surface area contributed by atoms with Gasteiger partial charge in [-0.05, 0) is 6.92 Å². The molecule has 1 nitrogen and oxygen atoms in total. The van der Waals surface area contributed by atoms with E-state index in [0.29, 0.717) is 0 Å². The molecule has 0 aliphatic carbocycles. The van der Waals surface area contributed by atoms with Crippen LogP contribution in [0.25, 0.3) is 0 Å². The zero-order chi connectivity index (χ0) is 4.71. The van der Waals surface area contributed by atoms with Gasteiger partial charge >= 0.3 is 41.3 Å². The third kappa shape index (κ3) is 29.3. The molecule has 0 aliphatic heterocycles. The van der Waals surface area contributed by atoms with Gasteiger partial charge in [-0.25, -0.2) is 0 Å². The monoisotopic (exact) mass is 240 g/mol. The van der Waals surface area contributed by atoms with E-state index in [-0.39, 0.29) is 6.61 Å².